The van der Waals surface area contributed by atoms with Crippen LogP contribution in [0, 0.1) is 5.92 Å². The highest BCUT2D eigenvalue weighted by molar-refractivity contribution is 6.35. The Balaban J connectivity index is 2.10. The van der Waals surface area contributed by atoms with Crippen molar-refractivity contribution in [2.24, 2.45) is 5.92 Å². The number of nitrogens with one attached hydrogen (secondary N) is 2. The molecular formula is C19H28N2O4. The molecule has 0 saturated carbocycles. The Morgan fingerprint density at radius 3 is 2.44 bits per heavy atom. The first kappa shape index (κ1) is 19.2. The van der Waals surface area contributed by atoms with Gasteiger partial charge < -0.3 is 20.1 Å². The Kier molecular flexibility index (Phi) is 6.82. The average molecular weight is 348 g/mol. The van der Waals surface area contributed by atoms with Gasteiger partial charge >= 0.3 is 11.8 Å². The summed E-state index contributed by atoms with van der Waals surface area (Å²) in [4.78, 5) is 24.1. The van der Waals surface area contributed by atoms with Gasteiger partial charge in [-0.05, 0) is 24.8 Å². The van der Waals surface area contributed by atoms with Crippen molar-refractivity contribution in [3.8, 4) is 5.75 Å². The summed E-state index contributed by atoms with van der Waals surface area (Å²) < 4.78 is 11.0. The summed E-state index contributed by atoms with van der Waals surface area (Å²) in [6.07, 6.45) is 1.53. The fourth-order valence-corrected chi connectivity index (χ4v) is 3.09. The van der Waals surface area contributed by atoms with E-state index in [0.717, 1.165) is 24.2 Å². The standard InChI is InChI=1S/C19H28N2O4/c1-14(2)12-20-17(22)18(23)21-13-19(8-10-25-11-9-19)15-6-4-5-7-16(15)24-3/h4-7,14H,8-13H2,1-3H3,(H,20,22)(H,21,23). The van der Waals surface area contributed by atoms with E-state index >= 15 is 0 Å². The maximum atomic E-state index is 12.1. The third-order valence-corrected chi connectivity index (χ3v) is 4.59. The summed E-state index contributed by atoms with van der Waals surface area (Å²) in [5.41, 5.74) is 0.752. The third kappa shape index (κ3) is 4.95. The van der Waals surface area contributed by atoms with Gasteiger partial charge in [-0.3, -0.25) is 9.59 Å². The molecule has 25 heavy (non-hydrogen) atoms. The number of hydrogen-bond acceptors (Lipinski definition) is 4. The van der Waals surface area contributed by atoms with Crippen molar-refractivity contribution in [2.75, 3.05) is 33.4 Å². The van der Waals surface area contributed by atoms with Gasteiger partial charge in [-0.25, -0.2) is 0 Å². The largest absolute Gasteiger partial charge is 0.496 e. The summed E-state index contributed by atoms with van der Waals surface area (Å²) in [5.74, 6) is -0.0903. The highest BCUT2D eigenvalue weighted by atomic mass is 16.5. The monoisotopic (exact) mass is 348 g/mol. The lowest BCUT2D eigenvalue weighted by atomic mass is 9.73. The van der Waals surface area contributed by atoms with Gasteiger partial charge in [-0.2, -0.15) is 0 Å². The van der Waals surface area contributed by atoms with Crippen molar-refractivity contribution < 1.29 is 19.1 Å². The van der Waals surface area contributed by atoms with Crippen molar-refractivity contribution >= 4 is 11.8 Å². The molecule has 6 nitrogen and oxygen atoms in total. The molecule has 1 heterocycles. The quantitative estimate of drug-likeness (QED) is 0.766. The van der Waals surface area contributed by atoms with Crippen molar-refractivity contribution in [1.82, 2.24) is 10.6 Å². The summed E-state index contributed by atoms with van der Waals surface area (Å²) in [6.45, 7) is 6.07. The summed E-state index contributed by atoms with van der Waals surface area (Å²) >= 11 is 0. The van der Waals surface area contributed by atoms with Crippen molar-refractivity contribution in [1.29, 1.82) is 0 Å². The molecule has 1 aromatic carbocycles. The molecule has 1 aromatic rings. The van der Waals surface area contributed by atoms with E-state index in [2.05, 4.69) is 10.6 Å². The first-order valence-electron chi connectivity index (χ1n) is 8.76. The Bertz CT molecular complexity index is 595. The van der Waals surface area contributed by atoms with Crippen molar-refractivity contribution in [3.63, 3.8) is 0 Å². The summed E-state index contributed by atoms with van der Waals surface area (Å²) in [7, 11) is 1.64. The second kappa shape index (κ2) is 8.85. The van der Waals surface area contributed by atoms with Gasteiger partial charge in [-0.15, -0.1) is 0 Å². The zero-order valence-electron chi connectivity index (χ0n) is 15.3. The zero-order chi connectivity index (χ0) is 18.3. The van der Waals surface area contributed by atoms with Gasteiger partial charge in [-0.1, -0.05) is 32.0 Å². The van der Waals surface area contributed by atoms with Crippen LogP contribution in [-0.2, 0) is 19.7 Å². The molecule has 0 radical (unpaired) electrons. The molecule has 6 heteroatoms. The number of carbonyl (C=O) groups is 2. The maximum absolute atomic E-state index is 12.1. The normalized spacial score (nSPS) is 16.3. The lowest BCUT2D eigenvalue weighted by Crippen LogP contribution is -2.48. The molecule has 1 saturated heterocycles. The number of amides is 2. The van der Waals surface area contributed by atoms with Crippen LogP contribution in [0.5, 0.6) is 5.75 Å². The number of benzene rings is 1. The number of rotatable bonds is 6. The molecule has 138 valence electrons. The SMILES string of the molecule is COc1ccccc1C1(CNC(=O)C(=O)NCC(C)C)CCOCC1. The van der Waals surface area contributed by atoms with E-state index in [-0.39, 0.29) is 5.41 Å². The molecule has 0 aromatic heterocycles. The Labute approximate surface area is 149 Å². The number of methoxy groups -OCH3 is 1. The molecule has 0 spiro atoms. The van der Waals surface area contributed by atoms with Crippen LogP contribution in [0.3, 0.4) is 0 Å². The van der Waals surface area contributed by atoms with Gasteiger partial charge in [0.05, 0.1) is 7.11 Å². The molecule has 1 fully saturated rings. The van der Waals surface area contributed by atoms with E-state index in [9.17, 15) is 9.59 Å². The highest BCUT2D eigenvalue weighted by Crippen LogP contribution is 2.39. The van der Waals surface area contributed by atoms with Crippen LogP contribution in [-0.4, -0.2) is 45.2 Å². The molecule has 0 bridgehead atoms. The predicted molar refractivity (Wildman–Crippen MR) is 95.6 cm³/mol. The number of para-hydroxylation sites is 1. The molecule has 2 amide bonds. The van der Waals surface area contributed by atoms with Crippen molar-refractivity contribution in [2.45, 2.75) is 32.1 Å². The molecule has 2 rings (SSSR count). The highest BCUT2D eigenvalue weighted by Gasteiger charge is 2.37. The number of hydrogen-bond donors (Lipinski definition) is 2. The van der Waals surface area contributed by atoms with Crippen molar-refractivity contribution in [3.05, 3.63) is 29.8 Å². The minimum atomic E-state index is -0.596. The van der Waals surface area contributed by atoms with Crippen LogP contribution in [0.4, 0.5) is 0 Å². The minimum absolute atomic E-state index is 0.293. The van der Waals surface area contributed by atoms with E-state index < -0.39 is 11.8 Å². The predicted octanol–water partition coefficient (Wildman–Crippen LogP) is 1.63. The van der Waals surface area contributed by atoms with Crippen LogP contribution in [0.25, 0.3) is 0 Å². The number of carbonyl (C=O) groups excluding carboxylic acids is 2. The number of ether oxygens (including phenoxy) is 2. The first-order chi connectivity index (χ1) is 12.0. The molecule has 1 aliphatic rings. The molecule has 1 aliphatic heterocycles. The van der Waals surface area contributed by atoms with E-state index in [4.69, 9.17) is 9.47 Å². The third-order valence-electron chi connectivity index (χ3n) is 4.59. The fraction of sp³-hybridized carbons (Fsp3) is 0.579. The first-order valence-corrected chi connectivity index (χ1v) is 8.76. The molecular weight excluding hydrogens is 320 g/mol. The maximum Gasteiger partial charge on any atom is 0.309 e. The van der Waals surface area contributed by atoms with Gasteiger partial charge in [0.1, 0.15) is 5.75 Å². The van der Waals surface area contributed by atoms with Crippen LogP contribution >= 0.6 is 0 Å². The summed E-state index contributed by atoms with van der Waals surface area (Å²) in [6, 6.07) is 7.83. The molecule has 2 N–H and O–H groups in total. The van der Waals surface area contributed by atoms with Crippen LogP contribution in [0.1, 0.15) is 32.3 Å². The summed E-state index contributed by atoms with van der Waals surface area (Å²) in [5, 5.41) is 5.45. The Hall–Kier alpha value is -2.08. The van der Waals surface area contributed by atoms with E-state index in [1.165, 1.54) is 0 Å². The second-order valence-corrected chi connectivity index (χ2v) is 6.88. The fourth-order valence-electron chi connectivity index (χ4n) is 3.09. The van der Waals surface area contributed by atoms with Gasteiger partial charge in [0.15, 0.2) is 0 Å². The van der Waals surface area contributed by atoms with Crippen LogP contribution < -0.4 is 15.4 Å². The average Bonchev–Trinajstić information content (AvgIpc) is 2.64. The molecule has 0 atom stereocenters. The van der Waals surface area contributed by atoms with E-state index in [1.807, 2.05) is 38.1 Å². The Morgan fingerprint density at radius 1 is 1.16 bits per heavy atom. The lowest BCUT2D eigenvalue weighted by molar-refractivity contribution is -0.139. The smallest absolute Gasteiger partial charge is 0.309 e. The minimum Gasteiger partial charge on any atom is -0.496 e. The molecule has 0 unspecified atom stereocenters. The zero-order valence-corrected chi connectivity index (χ0v) is 15.3. The van der Waals surface area contributed by atoms with Gasteiger partial charge in [0.25, 0.3) is 0 Å². The second-order valence-electron chi connectivity index (χ2n) is 6.88. The lowest BCUT2D eigenvalue weighted by Gasteiger charge is -2.38. The van der Waals surface area contributed by atoms with E-state index in [1.54, 1.807) is 7.11 Å². The topological polar surface area (TPSA) is 76.7 Å². The molecule has 0 aliphatic carbocycles. The van der Waals surface area contributed by atoms with Gasteiger partial charge in [0, 0.05) is 37.3 Å². The van der Waals surface area contributed by atoms with Crippen LogP contribution in [0.15, 0.2) is 24.3 Å². The van der Waals surface area contributed by atoms with Crippen LogP contribution in [0.2, 0.25) is 0 Å². The van der Waals surface area contributed by atoms with E-state index in [0.29, 0.717) is 32.2 Å². The Morgan fingerprint density at radius 2 is 1.80 bits per heavy atom. The van der Waals surface area contributed by atoms with Gasteiger partial charge in [0.2, 0.25) is 0 Å².